The van der Waals surface area contributed by atoms with Crippen molar-refractivity contribution in [1.29, 1.82) is 0 Å². The first kappa shape index (κ1) is 20.1. The van der Waals surface area contributed by atoms with Crippen LogP contribution in [0.15, 0.2) is 55.0 Å². The highest BCUT2D eigenvalue weighted by Gasteiger charge is 2.37. The molecule has 3 unspecified atom stereocenters. The molecule has 2 N–H and O–H groups in total. The number of piperidine rings is 1. The molecule has 29 heavy (non-hydrogen) atoms. The van der Waals surface area contributed by atoms with Crippen LogP contribution in [-0.2, 0) is 0 Å². The van der Waals surface area contributed by atoms with Crippen molar-refractivity contribution in [3.63, 3.8) is 0 Å². The van der Waals surface area contributed by atoms with E-state index < -0.39 is 0 Å². The molecule has 152 valence electrons. The van der Waals surface area contributed by atoms with E-state index >= 15 is 0 Å². The van der Waals surface area contributed by atoms with Gasteiger partial charge in [0.15, 0.2) is 0 Å². The lowest BCUT2D eigenvalue weighted by Crippen LogP contribution is -2.47. The second-order valence-electron chi connectivity index (χ2n) is 8.16. The predicted molar refractivity (Wildman–Crippen MR) is 118 cm³/mol. The van der Waals surface area contributed by atoms with Crippen LogP contribution in [0.4, 0.5) is 4.39 Å². The van der Waals surface area contributed by atoms with E-state index in [1.165, 1.54) is 60.9 Å². The first-order valence-electron chi connectivity index (χ1n) is 10.4. The van der Waals surface area contributed by atoms with Crippen LogP contribution >= 0.6 is 12.4 Å². The summed E-state index contributed by atoms with van der Waals surface area (Å²) in [4.78, 5) is 7.74. The number of pyridine rings is 1. The summed E-state index contributed by atoms with van der Waals surface area (Å²) < 4.78 is 13.5. The van der Waals surface area contributed by atoms with E-state index in [4.69, 9.17) is 0 Å². The monoisotopic (exact) mass is 411 g/mol. The first-order chi connectivity index (χ1) is 13.8. The third kappa shape index (κ3) is 3.84. The van der Waals surface area contributed by atoms with Crippen molar-refractivity contribution >= 4 is 12.4 Å². The number of hydrogen-bond donors (Lipinski definition) is 2. The second kappa shape index (κ2) is 8.68. The predicted octanol–water partition coefficient (Wildman–Crippen LogP) is 5.94. The standard InChI is InChI=1S/C24H26FN3.ClH/c25-19-8-6-18(7-9-19)24-22(16-10-13-26-14-11-16)21(15-28-24)20-5-1-3-17-4-2-12-27-23(17)20;/h6-11,13-15,17,20,23,27-28H,1-5,12H2;1H. The van der Waals surface area contributed by atoms with E-state index in [2.05, 4.69) is 33.6 Å². The van der Waals surface area contributed by atoms with Gasteiger partial charge >= 0.3 is 0 Å². The average molecular weight is 412 g/mol. The fourth-order valence-corrected chi connectivity index (χ4v) is 5.31. The topological polar surface area (TPSA) is 40.7 Å². The van der Waals surface area contributed by atoms with E-state index in [9.17, 15) is 4.39 Å². The van der Waals surface area contributed by atoms with Crippen LogP contribution in [-0.4, -0.2) is 22.6 Å². The summed E-state index contributed by atoms with van der Waals surface area (Å²) in [5.41, 5.74) is 5.88. The molecule has 3 atom stereocenters. The molecule has 0 amide bonds. The zero-order valence-corrected chi connectivity index (χ0v) is 17.2. The number of benzene rings is 1. The number of nitrogens with zero attached hydrogens (tertiary/aromatic N) is 1. The zero-order chi connectivity index (χ0) is 18.9. The Hall–Kier alpha value is -2.17. The molecule has 0 spiro atoms. The maximum Gasteiger partial charge on any atom is 0.123 e. The second-order valence-corrected chi connectivity index (χ2v) is 8.16. The summed E-state index contributed by atoms with van der Waals surface area (Å²) in [7, 11) is 0. The fraction of sp³-hybridized carbons (Fsp3) is 0.375. The van der Waals surface area contributed by atoms with E-state index in [0.717, 1.165) is 23.7 Å². The van der Waals surface area contributed by atoms with Crippen molar-refractivity contribution in [3.8, 4) is 22.4 Å². The first-order valence-corrected chi connectivity index (χ1v) is 10.4. The minimum Gasteiger partial charge on any atom is -0.360 e. The van der Waals surface area contributed by atoms with Gasteiger partial charge in [0, 0.05) is 36.1 Å². The van der Waals surface area contributed by atoms with Crippen LogP contribution in [0.25, 0.3) is 22.4 Å². The molecule has 1 saturated carbocycles. The van der Waals surface area contributed by atoms with Crippen molar-refractivity contribution in [2.24, 2.45) is 5.92 Å². The van der Waals surface area contributed by atoms with Crippen LogP contribution in [0.5, 0.6) is 0 Å². The number of nitrogens with one attached hydrogen (secondary N) is 2. The smallest absolute Gasteiger partial charge is 0.123 e. The zero-order valence-electron chi connectivity index (χ0n) is 16.4. The minimum atomic E-state index is -0.206. The molecule has 1 aliphatic carbocycles. The number of H-pyrrole nitrogens is 1. The Bertz CT molecular complexity index is 937. The van der Waals surface area contributed by atoms with Gasteiger partial charge in [0.05, 0.1) is 5.69 Å². The molecular weight excluding hydrogens is 385 g/mol. The third-order valence-corrected chi connectivity index (χ3v) is 6.58. The van der Waals surface area contributed by atoms with Crippen molar-refractivity contribution < 1.29 is 4.39 Å². The number of fused-ring (bicyclic) bond motifs is 1. The van der Waals surface area contributed by atoms with Crippen LogP contribution in [0, 0.1) is 11.7 Å². The van der Waals surface area contributed by atoms with Crippen LogP contribution in [0.3, 0.4) is 0 Å². The summed E-state index contributed by atoms with van der Waals surface area (Å²) >= 11 is 0. The molecule has 1 aliphatic heterocycles. The molecule has 3 aromatic rings. The van der Waals surface area contributed by atoms with Crippen molar-refractivity contribution in [3.05, 3.63) is 66.4 Å². The lowest BCUT2D eigenvalue weighted by atomic mass is 9.70. The Labute approximate surface area is 177 Å². The van der Waals surface area contributed by atoms with E-state index in [1.807, 2.05) is 24.5 Å². The van der Waals surface area contributed by atoms with E-state index in [-0.39, 0.29) is 18.2 Å². The van der Waals surface area contributed by atoms with Gasteiger partial charge in [-0.25, -0.2) is 4.39 Å². The Balaban J connectivity index is 0.00000205. The summed E-state index contributed by atoms with van der Waals surface area (Å²) in [6.07, 6.45) is 12.4. The fourth-order valence-electron chi connectivity index (χ4n) is 5.31. The van der Waals surface area contributed by atoms with Crippen LogP contribution in [0.1, 0.15) is 43.6 Å². The highest BCUT2D eigenvalue weighted by Crippen LogP contribution is 2.45. The summed E-state index contributed by atoms with van der Waals surface area (Å²) in [5, 5.41) is 3.83. The number of halogens is 2. The Kier molecular flexibility index (Phi) is 6.02. The number of aromatic amines is 1. The number of aromatic nitrogens is 2. The van der Waals surface area contributed by atoms with Gasteiger partial charge < -0.3 is 10.3 Å². The summed E-state index contributed by atoms with van der Waals surface area (Å²) in [5.74, 6) is 1.08. The largest absolute Gasteiger partial charge is 0.360 e. The van der Waals surface area contributed by atoms with Gasteiger partial charge in [-0.3, -0.25) is 4.98 Å². The molecule has 1 aromatic carbocycles. The molecule has 0 radical (unpaired) electrons. The molecule has 0 bridgehead atoms. The number of hydrogen-bond acceptors (Lipinski definition) is 2. The molecular formula is C24H27ClFN3. The van der Waals surface area contributed by atoms with Crippen molar-refractivity contribution in [2.45, 2.75) is 44.1 Å². The molecule has 3 heterocycles. The molecule has 2 aromatic heterocycles. The lowest BCUT2D eigenvalue weighted by molar-refractivity contribution is 0.186. The van der Waals surface area contributed by atoms with Crippen LogP contribution in [0.2, 0.25) is 0 Å². The van der Waals surface area contributed by atoms with Gasteiger partial charge in [-0.1, -0.05) is 6.42 Å². The third-order valence-electron chi connectivity index (χ3n) is 6.58. The van der Waals surface area contributed by atoms with E-state index in [0.29, 0.717) is 12.0 Å². The van der Waals surface area contributed by atoms with Crippen molar-refractivity contribution in [1.82, 2.24) is 15.3 Å². The quantitative estimate of drug-likeness (QED) is 0.559. The van der Waals surface area contributed by atoms with Gasteiger partial charge in [0.25, 0.3) is 0 Å². The summed E-state index contributed by atoms with van der Waals surface area (Å²) in [6.45, 7) is 1.12. The van der Waals surface area contributed by atoms with Gasteiger partial charge in [0.1, 0.15) is 5.82 Å². The molecule has 5 heteroatoms. The van der Waals surface area contributed by atoms with Crippen LogP contribution < -0.4 is 5.32 Å². The molecule has 2 aliphatic rings. The van der Waals surface area contributed by atoms with Gasteiger partial charge in [-0.15, -0.1) is 12.4 Å². The number of rotatable bonds is 3. The molecule has 1 saturated heterocycles. The highest BCUT2D eigenvalue weighted by molar-refractivity contribution is 5.85. The SMILES string of the molecule is Cl.Fc1ccc(-c2[nH]cc(C3CCCC4CCCNC43)c2-c2ccncc2)cc1. The Morgan fingerprint density at radius 1 is 0.897 bits per heavy atom. The maximum absolute atomic E-state index is 13.5. The Morgan fingerprint density at radius 2 is 1.66 bits per heavy atom. The minimum absolute atomic E-state index is 0. The summed E-state index contributed by atoms with van der Waals surface area (Å²) in [6, 6.07) is 11.5. The van der Waals surface area contributed by atoms with E-state index in [1.54, 1.807) is 0 Å². The van der Waals surface area contributed by atoms with Gasteiger partial charge in [0.2, 0.25) is 0 Å². The van der Waals surface area contributed by atoms with Gasteiger partial charge in [-0.05, 0) is 91.2 Å². The highest BCUT2D eigenvalue weighted by atomic mass is 35.5. The maximum atomic E-state index is 13.5. The molecule has 5 rings (SSSR count). The molecule has 2 fully saturated rings. The lowest BCUT2D eigenvalue weighted by Gasteiger charge is -2.42. The normalized spacial score (nSPS) is 23.8. The van der Waals surface area contributed by atoms with Crippen molar-refractivity contribution in [2.75, 3.05) is 6.54 Å². The average Bonchev–Trinajstić information content (AvgIpc) is 3.19. The van der Waals surface area contributed by atoms with Gasteiger partial charge in [-0.2, -0.15) is 0 Å². The molecule has 3 nitrogen and oxygen atoms in total. The Morgan fingerprint density at radius 3 is 2.45 bits per heavy atom.